The van der Waals surface area contributed by atoms with E-state index < -0.39 is 5.97 Å². The number of rotatable bonds is 2. The van der Waals surface area contributed by atoms with E-state index in [0.29, 0.717) is 0 Å². The minimum Gasteiger partial charge on any atom is -0.477 e. The molecule has 0 saturated carbocycles. The molecule has 2 N–H and O–H groups in total. The van der Waals surface area contributed by atoms with Gasteiger partial charge in [0.15, 0.2) is 16.2 Å². The standard InChI is InChI=1S/C7H4N4O2/c8-10-5-3-1-2-4(7(12)13)6(5)11-9/h1-3,8H/p+1. The van der Waals surface area contributed by atoms with Crippen LogP contribution in [-0.4, -0.2) is 11.1 Å². The first-order chi connectivity index (χ1) is 6.20. The van der Waals surface area contributed by atoms with Crippen LogP contribution in [-0.2, 0) is 0 Å². The molecule has 6 nitrogen and oxygen atoms in total. The summed E-state index contributed by atoms with van der Waals surface area (Å²) in [6.07, 6.45) is 0. The monoisotopic (exact) mass is 177 g/mol. The van der Waals surface area contributed by atoms with E-state index in [1.165, 1.54) is 18.2 Å². The number of diazo groups is 1. The molecule has 0 fully saturated rings. The molecule has 6 heteroatoms. The average molecular weight is 177 g/mol. The highest BCUT2D eigenvalue weighted by atomic mass is 16.4. The summed E-state index contributed by atoms with van der Waals surface area (Å²) in [6, 6.07) is 4.08. The van der Waals surface area contributed by atoms with E-state index in [9.17, 15) is 4.79 Å². The van der Waals surface area contributed by atoms with Crippen molar-refractivity contribution in [1.29, 1.82) is 10.9 Å². The quantitative estimate of drug-likeness (QED) is 0.535. The molecule has 64 valence electrons. The lowest BCUT2D eigenvalue weighted by Gasteiger charge is -1.90. The Hall–Kier alpha value is -2.29. The Balaban J connectivity index is 3.46. The average Bonchev–Trinajstić information content (AvgIpc) is 2.16. The van der Waals surface area contributed by atoms with Crippen LogP contribution in [0.3, 0.4) is 0 Å². The lowest BCUT2D eigenvalue weighted by molar-refractivity contribution is 0.0698. The van der Waals surface area contributed by atoms with Crippen LogP contribution in [0.15, 0.2) is 23.3 Å². The van der Waals surface area contributed by atoms with Crippen LogP contribution >= 0.6 is 0 Å². The zero-order valence-electron chi connectivity index (χ0n) is 6.43. The zero-order valence-corrected chi connectivity index (χ0v) is 6.43. The van der Waals surface area contributed by atoms with Gasteiger partial charge in [0.25, 0.3) is 0 Å². The van der Waals surface area contributed by atoms with Crippen molar-refractivity contribution >= 4 is 17.3 Å². The van der Waals surface area contributed by atoms with E-state index in [-0.39, 0.29) is 16.9 Å². The van der Waals surface area contributed by atoms with Gasteiger partial charge in [-0.1, -0.05) is 6.07 Å². The number of carboxylic acid groups (broad SMARTS) is 1. The number of nitrogens with one attached hydrogen (secondary N) is 1. The fraction of sp³-hybridized carbons (Fsp3) is 0. The van der Waals surface area contributed by atoms with Gasteiger partial charge in [0.2, 0.25) is 5.39 Å². The van der Waals surface area contributed by atoms with Crippen molar-refractivity contribution < 1.29 is 9.90 Å². The molecule has 0 aromatic heterocycles. The van der Waals surface area contributed by atoms with Crippen molar-refractivity contribution in [2.45, 2.75) is 0 Å². The molecule has 1 rings (SSSR count). The van der Waals surface area contributed by atoms with Gasteiger partial charge in [-0.25, -0.2) is 10.3 Å². The van der Waals surface area contributed by atoms with E-state index >= 15 is 0 Å². The predicted octanol–water partition coefficient (Wildman–Crippen LogP) is 2.53. The van der Waals surface area contributed by atoms with Crippen LogP contribution in [0.5, 0.6) is 0 Å². The van der Waals surface area contributed by atoms with Gasteiger partial charge in [0.05, 0.1) is 0 Å². The van der Waals surface area contributed by atoms with E-state index in [4.69, 9.17) is 16.0 Å². The largest absolute Gasteiger partial charge is 0.477 e. The molecule has 0 atom stereocenters. The van der Waals surface area contributed by atoms with Gasteiger partial charge in [-0.3, -0.25) is 0 Å². The molecule has 0 spiro atoms. The second kappa shape index (κ2) is 3.40. The second-order valence-corrected chi connectivity index (χ2v) is 2.19. The van der Waals surface area contributed by atoms with E-state index in [1.807, 2.05) is 0 Å². The molecule has 1 aromatic rings. The third kappa shape index (κ3) is 1.49. The summed E-state index contributed by atoms with van der Waals surface area (Å²) >= 11 is 0. The highest BCUT2D eigenvalue weighted by molar-refractivity contribution is 5.97. The highest BCUT2D eigenvalue weighted by Crippen LogP contribution is 2.31. The van der Waals surface area contributed by atoms with Gasteiger partial charge >= 0.3 is 11.7 Å². The molecule has 0 aliphatic heterocycles. The van der Waals surface area contributed by atoms with Crippen molar-refractivity contribution in [2.24, 2.45) is 5.11 Å². The Bertz CT molecular complexity index is 407. The first kappa shape index (κ1) is 8.80. The lowest BCUT2D eigenvalue weighted by Crippen LogP contribution is -1.95. The number of carbonyl (C=O) groups is 1. The van der Waals surface area contributed by atoms with Crippen LogP contribution < -0.4 is 0 Å². The highest BCUT2D eigenvalue weighted by Gasteiger charge is 2.24. The van der Waals surface area contributed by atoms with Crippen LogP contribution in [0.25, 0.3) is 4.98 Å². The van der Waals surface area contributed by atoms with Gasteiger partial charge in [0, 0.05) is 0 Å². The van der Waals surface area contributed by atoms with Gasteiger partial charge in [0.1, 0.15) is 0 Å². The first-order valence-corrected chi connectivity index (χ1v) is 3.29. The number of hydrogen-bond acceptors (Lipinski definition) is 4. The molecule has 13 heavy (non-hydrogen) atoms. The summed E-state index contributed by atoms with van der Waals surface area (Å²) in [5.41, 5.74) is 6.31. The molecule has 0 bridgehead atoms. The third-order valence-electron chi connectivity index (χ3n) is 1.47. The molecule has 0 saturated heterocycles. The van der Waals surface area contributed by atoms with Crippen LogP contribution in [0.4, 0.5) is 11.4 Å². The number of hydrogen-bond donors (Lipinski definition) is 2. The van der Waals surface area contributed by atoms with Crippen LogP contribution in [0.1, 0.15) is 10.4 Å². The zero-order chi connectivity index (χ0) is 9.84. The van der Waals surface area contributed by atoms with E-state index in [0.717, 1.165) is 0 Å². The normalized spacial score (nSPS) is 8.85. The molecule has 0 amide bonds. The molecule has 0 radical (unpaired) electrons. The maximum absolute atomic E-state index is 10.6. The van der Waals surface area contributed by atoms with Crippen LogP contribution in [0.2, 0.25) is 0 Å². The summed E-state index contributed by atoms with van der Waals surface area (Å²) in [5, 5.41) is 20.2. The van der Waals surface area contributed by atoms with Gasteiger partial charge < -0.3 is 5.11 Å². The topological polar surface area (TPSA) is 102 Å². The maximum atomic E-state index is 10.6. The Labute approximate surface area is 72.9 Å². The van der Waals surface area contributed by atoms with E-state index in [1.54, 1.807) is 0 Å². The maximum Gasteiger partial charge on any atom is 0.426 e. The van der Waals surface area contributed by atoms with Gasteiger partial charge in [-0.05, 0) is 12.1 Å². The molecular formula is C7H5N4O2+. The molecule has 0 unspecified atom stereocenters. The van der Waals surface area contributed by atoms with Crippen molar-refractivity contribution in [3.8, 4) is 0 Å². The predicted molar refractivity (Wildman–Crippen MR) is 43.0 cm³/mol. The van der Waals surface area contributed by atoms with Crippen LogP contribution in [0, 0.1) is 10.9 Å². The number of benzene rings is 1. The fourth-order valence-corrected chi connectivity index (χ4v) is 0.899. The summed E-state index contributed by atoms with van der Waals surface area (Å²) < 4.78 is 0. The Kier molecular flexibility index (Phi) is 2.31. The van der Waals surface area contributed by atoms with Gasteiger partial charge in [-0.2, -0.15) is 5.11 Å². The van der Waals surface area contributed by atoms with Crippen molar-refractivity contribution in [1.82, 2.24) is 0 Å². The second-order valence-electron chi connectivity index (χ2n) is 2.19. The van der Waals surface area contributed by atoms with Crippen molar-refractivity contribution in [2.75, 3.05) is 0 Å². The van der Waals surface area contributed by atoms with Crippen molar-refractivity contribution in [3.63, 3.8) is 0 Å². The molecule has 0 aliphatic carbocycles. The molecule has 0 aliphatic rings. The number of aromatic carboxylic acids is 1. The number of carboxylic acids is 1. The smallest absolute Gasteiger partial charge is 0.426 e. The summed E-state index contributed by atoms with van der Waals surface area (Å²) in [4.78, 5) is 13.3. The Morgan fingerprint density at radius 1 is 1.62 bits per heavy atom. The van der Waals surface area contributed by atoms with Gasteiger partial charge in [-0.15, -0.1) is 0 Å². The fourth-order valence-electron chi connectivity index (χ4n) is 0.899. The molecule has 1 aromatic carbocycles. The number of nitrogens with zero attached hydrogens (tertiary/aromatic N) is 3. The molecule has 0 heterocycles. The lowest BCUT2D eigenvalue weighted by atomic mass is 10.1. The van der Waals surface area contributed by atoms with Crippen molar-refractivity contribution in [3.05, 3.63) is 28.7 Å². The summed E-state index contributed by atoms with van der Waals surface area (Å²) in [7, 11) is 0. The minimum absolute atomic E-state index is 0.0161. The van der Waals surface area contributed by atoms with E-state index in [2.05, 4.69) is 10.1 Å². The first-order valence-electron chi connectivity index (χ1n) is 3.29. The SMILES string of the molecule is N#[N+]c1c(N=N)cccc1C(=O)O. The summed E-state index contributed by atoms with van der Waals surface area (Å²) in [5.74, 6) is -1.22. The third-order valence-corrected chi connectivity index (χ3v) is 1.47. The Morgan fingerprint density at radius 3 is 2.77 bits per heavy atom. The summed E-state index contributed by atoms with van der Waals surface area (Å²) in [6.45, 7) is 0. The minimum atomic E-state index is -1.22. The Morgan fingerprint density at radius 2 is 2.31 bits per heavy atom. The molecular weight excluding hydrogens is 172 g/mol.